The molecule has 2 aromatic rings. The summed E-state index contributed by atoms with van der Waals surface area (Å²) in [5.74, 6) is 0. The van der Waals surface area contributed by atoms with Crippen LogP contribution < -0.4 is 0 Å². The Labute approximate surface area is 75.0 Å². The molecule has 2 rings (SSSR count). The van der Waals surface area contributed by atoms with Crippen molar-refractivity contribution in [1.82, 2.24) is 4.98 Å². The van der Waals surface area contributed by atoms with Crippen LogP contribution in [0.4, 0.5) is 4.39 Å². The molecule has 1 heterocycles. The smallest absolute Gasteiger partial charge is 0.120 e. The Balaban J connectivity index is 2.60. The van der Waals surface area contributed by atoms with Crippen LogP contribution in [0.3, 0.4) is 0 Å². The molecule has 0 radical (unpaired) electrons. The van der Waals surface area contributed by atoms with Gasteiger partial charge in [0.2, 0.25) is 0 Å². The Bertz CT molecular complexity index is 410. The van der Waals surface area contributed by atoms with Crippen LogP contribution in [0.2, 0.25) is 0 Å². The molecule has 1 unspecified atom stereocenters. The van der Waals surface area contributed by atoms with Gasteiger partial charge < -0.3 is 10.1 Å². The first kappa shape index (κ1) is 8.26. The predicted molar refractivity (Wildman–Crippen MR) is 49.2 cm³/mol. The highest BCUT2D eigenvalue weighted by atomic mass is 19.1. The van der Waals surface area contributed by atoms with E-state index in [0.29, 0.717) is 5.56 Å². The summed E-state index contributed by atoms with van der Waals surface area (Å²) in [5.41, 5.74) is 1.56. The van der Waals surface area contributed by atoms with Gasteiger partial charge in [-0.05, 0) is 17.7 Å². The number of H-pyrrole nitrogens is 1. The van der Waals surface area contributed by atoms with Crippen molar-refractivity contribution >= 4 is 10.9 Å². The van der Waals surface area contributed by atoms with Crippen molar-refractivity contribution in [2.45, 2.75) is 6.10 Å². The summed E-state index contributed by atoms with van der Waals surface area (Å²) in [6.07, 6.45) is 0.763. The molecule has 68 valence electrons. The van der Waals surface area contributed by atoms with Crippen LogP contribution in [-0.2, 0) is 0 Å². The standard InChI is InChI=1S/C10H10FNO/c11-6-10(13)8-2-1-3-9-7(8)4-5-12-9/h1-5,10,12-13H,6H2. The normalized spacial score (nSPS) is 13.4. The number of aliphatic hydroxyl groups is 1. The number of nitrogens with one attached hydrogen (secondary N) is 1. The van der Waals surface area contributed by atoms with Gasteiger partial charge in [-0.25, -0.2) is 4.39 Å². The van der Waals surface area contributed by atoms with E-state index < -0.39 is 12.8 Å². The Morgan fingerprint density at radius 1 is 1.38 bits per heavy atom. The van der Waals surface area contributed by atoms with E-state index in [-0.39, 0.29) is 0 Å². The number of aromatic nitrogens is 1. The summed E-state index contributed by atoms with van der Waals surface area (Å²) in [7, 11) is 0. The van der Waals surface area contributed by atoms with Gasteiger partial charge in [-0.1, -0.05) is 12.1 Å². The molecule has 0 aliphatic heterocycles. The summed E-state index contributed by atoms with van der Waals surface area (Å²) in [5, 5.41) is 10.2. The van der Waals surface area contributed by atoms with E-state index in [4.69, 9.17) is 0 Å². The number of aliphatic hydroxyl groups excluding tert-OH is 1. The first-order valence-corrected chi connectivity index (χ1v) is 4.13. The summed E-state index contributed by atoms with van der Waals surface area (Å²) in [6, 6.07) is 7.26. The summed E-state index contributed by atoms with van der Waals surface area (Å²) < 4.78 is 12.2. The molecule has 13 heavy (non-hydrogen) atoms. The molecule has 0 bridgehead atoms. The van der Waals surface area contributed by atoms with Crippen LogP contribution in [-0.4, -0.2) is 16.8 Å². The van der Waals surface area contributed by atoms with E-state index >= 15 is 0 Å². The summed E-state index contributed by atoms with van der Waals surface area (Å²) in [6.45, 7) is -0.746. The lowest BCUT2D eigenvalue weighted by Gasteiger charge is -2.07. The molecule has 0 saturated heterocycles. The topological polar surface area (TPSA) is 36.0 Å². The second-order valence-electron chi connectivity index (χ2n) is 2.96. The predicted octanol–water partition coefficient (Wildman–Crippen LogP) is 2.17. The number of fused-ring (bicyclic) bond motifs is 1. The molecule has 2 N–H and O–H groups in total. The number of halogens is 1. The number of benzene rings is 1. The Morgan fingerprint density at radius 2 is 2.23 bits per heavy atom. The SMILES string of the molecule is OC(CF)c1cccc2[nH]ccc12. The minimum atomic E-state index is -1.01. The number of aromatic amines is 1. The fourth-order valence-corrected chi connectivity index (χ4v) is 1.48. The second-order valence-corrected chi connectivity index (χ2v) is 2.96. The van der Waals surface area contributed by atoms with Crippen LogP contribution >= 0.6 is 0 Å². The molecule has 0 aliphatic carbocycles. The van der Waals surface area contributed by atoms with Gasteiger partial charge in [0.15, 0.2) is 0 Å². The molecule has 3 heteroatoms. The highest BCUT2D eigenvalue weighted by molar-refractivity contribution is 5.83. The lowest BCUT2D eigenvalue weighted by atomic mass is 10.1. The molecule has 1 atom stereocenters. The van der Waals surface area contributed by atoms with Crippen molar-refractivity contribution in [3.05, 3.63) is 36.0 Å². The molecule has 1 aromatic carbocycles. The van der Waals surface area contributed by atoms with Crippen LogP contribution in [0.5, 0.6) is 0 Å². The van der Waals surface area contributed by atoms with E-state index in [9.17, 15) is 9.50 Å². The highest BCUT2D eigenvalue weighted by Gasteiger charge is 2.10. The quantitative estimate of drug-likeness (QED) is 0.728. The second kappa shape index (κ2) is 3.18. The number of hydrogen-bond donors (Lipinski definition) is 2. The van der Waals surface area contributed by atoms with Crippen LogP contribution in [0.25, 0.3) is 10.9 Å². The molecule has 0 fully saturated rings. The minimum Gasteiger partial charge on any atom is -0.386 e. The molecular weight excluding hydrogens is 169 g/mol. The van der Waals surface area contributed by atoms with Gasteiger partial charge in [0, 0.05) is 17.1 Å². The molecule has 1 aromatic heterocycles. The summed E-state index contributed by atoms with van der Waals surface area (Å²) in [4.78, 5) is 3.01. The van der Waals surface area contributed by atoms with Gasteiger partial charge in [0.25, 0.3) is 0 Å². The maximum atomic E-state index is 12.2. The number of alkyl halides is 1. The van der Waals surface area contributed by atoms with Crippen molar-refractivity contribution in [3.8, 4) is 0 Å². The van der Waals surface area contributed by atoms with Crippen molar-refractivity contribution in [2.75, 3.05) is 6.67 Å². The highest BCUT2D eigenvalue weighted by Crippen LogP contribution is 2.23. The van der Waals surface area contributed by atoms with Crippen molar-refractivity contribution < 1.29 is 9.50 Å². The van der Waals surface area contributed by atoms with Crippen molar-refractivity contribution in [2.24, 2.45) is 0 Å². The first-order chi connectivity index (χ1) is 6.33. The van der Waals surface area contributed by atoms with E-state index in [1.165, 1.54) is 0 Å². The lowest BCUT2D eigenvalue weighted by Crippen LogP contribution is -1.99. The minimum absolute atomic E-state index is 0.640. The maximum Gasteiger partial charge on any atom is 0.120 e. The zero-order valence-electron chi connectivity index (χ0n) is 7.00. The lowest BCUT2D eigenvalue weighted by molar-refractivity contribution is 0.143. The van der Waals surface area contributed by atoms with E-state index in [2.05, 4.69) is 4.98 Å². The van der Waals surface area contributed by atoms with Gasteiger partial charge in [-0.3, -0.25) is 0 Å². The van der Waals surface area contributed by atoms with Crippen LogP contribution in [0.1, 0.15) is 11.7 Å². The Kier molecular flexibility index (Phi) is 2.02. The van der Waals surface area contributed by atoms with Gasteiger partial charge in [0.1, 0.15) is 12.8 Å². The largest absolute Gasteiger partial charge is 0.386 e. The van der Waals surface area contributed by atoms with Crippen LogP contribution in [0.15, 0.2) is 30.5 Å². The third kappa shape index (κ3) is 1.31. The van der Waals surface area contributed by atoms with E-state index in [1.807, 2.05) is 12.1 Å². The molecule has 0 spiro atoms. The van der Waals surface area contributed by atoms with Crippen molar-refractivity contribution in [1.29, 1.82) is 0 Å². The fraction of sp³-hybridized carbons (Fsp3) is 0.200. The molecule has 0 aliphatic rings. The average molecular weight is 179 g/mol. The van der Waals surface area contributed by atoms with Gasteiger partial charge in [0.05, 0.1) is 0 Å². The van der Waals surface area contributed by atoms with Gasteiger partial charge in [-0.2, -0.15) is 0 Å². The number of rotatable bonds is 2. The third-order valence-electron chi connectivity index (χ3n) is 2.13. The fourth-order valence-electron chi connectivity index (χ4n) is 1.48. The zero-order valence-corrected chi connectivity index (χ0v) is 7.00. The Morgan fingerprint density at radius 3 is 3.00 bits per heavy atom. The monoisotopic (exact) mass is 179 g/mol. The number of hydrogen-bond acceptors (Lipinski definition) is 1. The Hall–Kier alpha value is -1.35. The van der Waals surface area contributed by atoms with Crippen LogP contribution in [0, 0.1) is 0 Å². The molecular formula is C10H10FNO. The first-order valence-electron chi connectivity index (χ1n) is 4.13. The van der Waals surface area contributed by atoms with E-state index in [1.54, 1.807) is 18.3 Å². The maximum absolute atomic E-state index is 12.2. The molecule has 0 amide bonds. The average Bonchev–Trinajstić information content (AvgIpc) is 2.63. The summed E-state index contributed by atoms with van der Waals surface area (Å²) >= 11 is 0. The van der Waals surface area contributed by atoms with E-state index in [0.717, 1.165) is 10.9 Å². The molecule has 0 saturated carbocycles. The third-order valence-corrected chi connectivity index (χ3v) is 2.13. The van der Waals surface area contributed by atoms with Gasteiger partial charge in [-0.15, -0.1) is 0 Å². The van der Waals surface area contributed by atoms with Crippen molar-refractivity contribution in [3.63, 3.8) is 0 Å². The zero-order chi connectivity index (χ0) is 9.26. The molecule has 2 nitrogen and oxygen atoms in total. The van der Waals surface area contributed by atoms with Gasteiger partial charge >= 0.3 is 0 Å².